The second-order valence-electron chi connectivity index (χ2n) is 2.67. The molecule has 1 heterocycles. The van der Waals surface area contributed by atoms with Crippen LogP contribution in [-0.2, 0) is 0 Å². The van der Waals surface area contributed by atoms with Crippen molar-refractivity contribution in [2.45, 2.75) is 0 Å². The van der Waals surface area contributed by atoms with Crippen LogP contribution >= 0.6 is 0 Å². The van der Waals surface area contributed by atoms with Crippen molar-refractivity contribution in [1.82, 2.24) is 4.57 Å². The average Bonchev–Trinajstić information content (AvgIpc) is 2.20. The Hall–Kier alpha value is -1.83. The third-order valence-electron chi connectivity index (χ3n) is 1.79. The Morgan fingerprint density at radius 1 is 1.15 bits per heavy atom. The first-order chi connectivity index (χ1) is 6.38. The number of aromatic nitrogens is 1. The van der Waals surface area contributed by atoms with Gasteiger partial charge in [0.2, 0.25) is 0 Å². The number of hydrogen-bond acceptors (Lipinski definition) is 1. The Morgan fingerprint density at radius 2 is 2.08 bits per heavy atom. The molecule has 1 radical (unpaired) electrons. The van der Waals surface area contributed by atoms with Crippen LogP contribution in [-0.4, -0.2) is 4.57 Å². The lowest BCUT2D eigenvalue weighted by atomic mass is 10.3. The summed E-state index contributed by atoms with van der Waals surface area (Å²) < 4.78 is 1.58. The molecule has 0 fully saturated rings. The van der Waals surface area contributed by atoms with Crippen LogP contribution in [0.2, 0.25) is 0 Å². The predicted octanol–water partition coefficient (Wildman–Crippen LogP) is 1.64. The predicted molar refractivity (Wildman–Crippen MR) is 50.9 cm³/mol. The van der Waals surface area contributed by atoms with Crippen LogP contribution < -0.4 is 5.56 Å². The zero-order valence-corrected chi connectivity index (χ0v) is 6.97. The van der Waals surface area contributed by atoms with Crippen LogP contribution in [0.1, 0.15) is 0 Å². The van der Waals surface area contributed by atoms with E-state index in [0.717, 1.165) is 5.69 Å². The molecular formula is C11H8NO. The van der Waals surface area contributed by atoms with Gasteiger partial charge >= 0.3 is 0 Å². The van der Waals surface area contributed by atoms with Crippen molar-refractivity contribution in [3.05, 3.63) is 65.1 Å². The van der Waals surface area contributed by atoms with Crippen LogP contribution in [0.3, 0.4) is 0 Å². The zero-order valence-electron chi connectivity index (χ0n) is 6.97. The van der Waals surface area contributed by atoms with Gasteiger partial charge in [0, 0.05) is 18.0 Å². The third-order valence-corrected chi connectivity index (χ3v) is 1.79. The summed E-state index contributed by atoms with van der Waals surface area (Å²) in [5.41, 5.74) is 0.815. The van der Waals surface area contributed by atoms with Crippen molar-refractivity contribution in [3.63, 3.8) is 0 Å². The molecule has 13 heavy (non-hydrogen) atoms. The van der Waals surface area contributed by atoms with E-state index in [-0.39, 0.29) is 5.56 Å². The van der Waals surface area contributed by atoms with Crippen molar-refractivity contribution in [3.8, 4) is 5.69 Å². The van der Waals surface area contributed by atoms with E-state index in [4.69, 9.17) is 0 Å². The molecule has 0 bridgehead atoms. The minimum Gasteiger partial charge on any atom is -0.284 e. The van der Waals surface area contributed by atoms with Gasteiger partial charge in [0.25, 0.3) is 5.56 Å². The SMILES string of the molecule is O=c1ccccn1-c1c[c]ccc1. The van der Waals surface area contributed by atoms with Gasteiger partial charge in [-0.25, -0.2) is 0 Å². The van der Waals surface area contributed by atoms with Gasteiger partial charge in [-0.3, -0.25) is 9.36 Å². The molecule has 0 amide bonds. The van der Waals surface area contributed by atoms with Gasteiger partial charge in [-0.05, 0) is 24.3 Å². The Labute approximate surface area is 76.1 Å². The highest BCUT2D eigenvalue weighted by Crippen LogP contribution is 2.01. The number of benzene rings is 1. The highest BCUT2D eigenvalue weighted by molar-refractivity contribution is 5.30. The second kappa shape index (κ2) is 3.27. The molecule has 0 unspecified atom stereocenters. The van der Waals surface area contributed by atoms with Crippen LogP contribution in [0.5, 0.6) is 0 Å². The highest BCUT2D eigenvalue weighted by atomic mass is 16.1. The summed E-state index contributed by atoms with van der Waals surface area (Å²) in [6.45, 7) is 0. The Balaban J connectivity index is 2.60. The van der Waals surface area contributed by atoms with E-state index < -0.39 is 0 Å². The fraction of sp³-hybridized carbons (Fsp3) is 0. The molecule has 0 N–H and O–H groups in total. The molecule has 2 rings (SSSR count). The Bertz CT molecular complexity index is 445. The molecular weight excluding hydrogens is 162 g/mol. The van der Waals surface area contributed by atoms with Gasteiger partial charge in [-0.1, -0.05) is 18.2 Å². The van der Waals surface area contributed by atoms with Crippen molar-refractivity contribution in [1.29, 1.82) is 0 Å². The molecule has 63 valence electrons. The first-order valence-corrected chi connectivity index (χ1v) is 4.02. The number of rotatable bonds is 1. The van der Waals surface area contributed by atoms with Gasteiger partial charge in [-0.15, -0.1) is 0 Å². The minimum absolute atomic E-state index is 0.0258. The van der Waals surface area contributed by atoms with E-state index in [2.05, 4.69) is 6.07 Å². The maximum Gasteiger partial charge on any atom is 0.255 e. The van der Waals surface area contributed by atoms with Crippen molar-refractivity contribution >= 4 is 0 Å². The normalized spacial score (nSPS) is 9.85. The van der Waals surface area contributed by atoms with Crippen molar-refractivity contribution in [2.75, 3.05) is 0 Å². The van der Waals surface area contributed by atoms with Crippen LogP contribution in [0.15, 0.2) is 53.5 Å². The summed E-state index contributed by atoms with van der Waals surface area (Å²) in [5.74, 6) is 0. The average molecular weight is 170 g/mol. The second-order valence-corrected chi connectivity index (χ2v) is 2.67. The fourth-order valence-electron chi connectivity index (χ4n) is 1.17. The molecule has 1 aromatic heterocycles. The van der Waals surface area contributed by atoms with E-state index in [0.29, 0.717) is 0 Å². The van der Waals surface area contributed by atoms with Crippen molar-refractivity contribution < 1.29 is 0 Å². The highest BCUT2D eigenvalue weighted by Gasteiger charge is 1.94. The summed E-state index contributed by atoms with van der Waals surface area (Å²) in [7, 11) is 0. The lowest BCUT2D eigenvalue weighted by Gasteiger charge is -2.02. The Kier molecular flexibility index (Phi) is 1.96. The third kappa shape index (κ3) is 1.51. The van der Waals surface area contributed by atoms with E-state index in [1.54, 1.807) is 29.0 Å². The number of pyridine rings is 1. The standard InChI is InChI=1S/C11H8NO/c13-11-8-4-5-9-12(11)10-6-2-1-3-7-10/h1-2,4-9H. The molecule has 0 aliphatic heterocycles. The van der Waals surface area contributed by atoms with Crippen LogP contribution in [0.25, 0.3) is 5.69 Å². The largest absolute Gasteiger partial charge is 0.284 e. The smallest absolute Gasteiger partial charge is 0.255 e. The topological polar surface area (TPSA) is 22.0 Å². The minimum atomic E-state index is -0.0258. The van der Waals surface area contributed by atoms with E-state index in [1.165, 1.54) is 6.07 Å². The Morgan fingerprint density at radius 3 is 2.77 bits per heavy atom. The van der Waals surface area contributed by atoms with Gasteiger partial charge in [0.05, 0.1) is 0 Å². The summed E-state index contributed by atoms with van der Waals surface area (Å²) in [5, 5.41) is 0. The van der Waals surface area contributed by atoms with Gasteiger partial charge in [0.1, 0.15) is 0 Å². The first-order valence-electron chi connectivity index (χ1n) is 4.02. The molecule has 0 saturated heterocycles. The molecule has 1 aromatic carbocycles. The zero-order chi connectivity index (χ0) is 9.10. The summed E-state index contributed by atoms with van der Waals surface area (Å²) >= 11 is 0. The van der Waals surface area contributed by atoms with E-state index >= 15 is 0 Å². The maximum atomic E-state index is 11.4. The quantitative estimate of drug-likeness (QED) is 0.637. The van der Waals surface area contributed by atoms with Crippen LogP contribution in [0, 0.1) is 6.07 Å². The van der Waals surface area contributed by atoms with Gasteiger partial charge < -0.3 is 0 Å². The molecule has 0 aliphatic carbocycles. The molecule has 0 saturated carbocycles. The molecule has 2 heteroatoms. The lowest BCUT2D eigenvalue weighted by molar-refractivity contribution is 0.990. The number of hydrogen-bond donors (Lipinski definition) is 0. The van der Waals surface area contributed by atoms with E-state index in [9.17, 15) is 4.79 Å². The first kappa shape index (κ1) is 7.80. The molecule has 0 spiro atoms. The summed E-state index contributed by atoms with van der Waals surface area (Å²) in [4.78, 5) is 11.4. The summed E-state index contributed by atoms with van der Waals surface area (Å²) in [6, 6.07) is 15.3. The van der Waals surface area contributed by atoms with Crippen molar-refractivity contribution in [2.24, 2.45) is 0 Å². The van der Waals surface area contributed by atoms with E-state index in [1.807, 2.05) is 18.2 Å². The lowest BCUT2D eigenvalue weighted by Crippen LogP contribution is -2.15. The maximum absolute atomic E-state index is 11.4. The molecule has 0 atom stereocenters. The number of nitrogens with zero attached hydrogens (tertiary/aromatic N) is 1. The summed E-state index contributed by atoms with van der Waals surface area (Å²) in [6.07, 6.45) is 1.74. The fourth-order valence-corrected chi connectivity index (χ4v) is 1.17. The monoisotopic (exact) mass is 170 g/mol. The molecule has 2 nitrogen and oxygen atoms in total. The molecule has 0 aliphatic rings. The molecule has 2 aromatic rings. The van der Waals surface area contributed by atoms with Crippen LogP contribution in [0.4, 0.5) is 0 Å². The van der Waals surface area contributed by atoms with Gasteiger partial charge in [-0.2, -0.15) is 0 Å². The van der Waals surface area contributed by atoms with Gasteiger partial charge in [0.15, 0.2) is 0 Å².